The molecule has 1 aromatic carbocycles. The molecule has 1 N–H and O–H groups in total. The summed E-state index contributed by atoms with van der Waals surface area (Å²) >= 11 is 0. The summed E-state index contributed by atoms with van der Waals surface area (Å²) < 4.78 is 0. The van der Waals surface area contributed by atoms with Gasteiger partial charge in [-0.05, 0) is 50.6 Å². The van der Waals surface area contributed by atoms with Gasteiger partial charge in [-0.15, -0.1) is 0 Å². The van der Waals surface area contributed by atoms with Crippen molar-refractivity contribution in [2.75, 3.05) is 6.54 Å². The van der Waals surface area contributed by atoms with Gasteiger partial charge in [-0.2, -0.15) is 0 Å². The third-order valence-corrected chi connectivity index (χ3v) is 3.69. The molecular weight excluding hydrogens is 194 g/mol. The van der Waals surface area contributed by atoms with E-state index in [0.717, 1.165) is 5.92 Å². The molecule has 1 fully saturated rings. The molecule has 0 spiro atoms. The summed E-state index contributed by atoms with van der Waals surface area (Å²) in [6.45, 7) is 3.54. The molecule has 1 nitrogen and oxygen atoms in total. The lowest BCUT2D eigenvalue weighted by atomic mass is 9.85. The molecule has 0 bridgehead atoms. The fraction of sp³-hybridized carbons (Fsp3) is 0.600. The Morgan fingerprint density at radius 2 is 2.00 bits per heavy atom. The van der Waals surface area contributed by atoms with Crippen LogP contribution in [0.25, 0.3) is 0 Å². The molecule has 1 heteroatoms. The minimum atomic E-state index is 0.654. The normalized spacial score (nSPS) is 18.1. The predicted molar refractivity (Wildman–Crippen MR) is 69.6 cm³/mol. The summed E-state index contributed by atoms with van der Waals surface area (Å²) in [5, 5.41) is 3.65. The zero-order valence-electron chi connectivity index (χ0n) is 10.3. The predicted octanol–water partition coefficient (Wildman–Crippen LogP) is 3.40. The second-order valence-corrected chi connectivity index (χ2v) is 5.13. The largest absolute Gasteiger partial charge is 0.314 e. The Labute approximate surface area is 99.3 Å². The van der Waals surface area contributed by atoms with Gasteiger partial charge in [-0.1, -0.05) is 36.8 Å². The van der Waals surface area contributed by atoms with Gasteiger partial charge in [0.15, 0.2) is 0 Å². The maximum atomic E-state index is 3.65. The maximum absolute atomic E-state index is 3.65. The Morgan fingerprint density at radius 1 is 1.25 bits per heavy atom. The second-order valence-electron chi connectivity index (χ2n) is 5.13. The molecule has 1 atom stereocenters. The summed E-state index contributed by atoms with van der Waals surface area (Å²) in [6.07, 6.45) is 6.78. The molecule has 0 aliphatic heterocycles. The van der Waals surface area contributed by atoms with Crippen molar-refractivity contribution < 1.29 is 0 Å². The van der Waals surface area contributed by atoms with Crippen LogP contribution in [0.5, 0.6) is 0 Å². The highest BCUT2D eigenvalue weighted by atomic mass is 14.9. The number of aryl methyl sites for hydroxylation is 1. The molecule has 2 rings (SSSR count). The lowest BCUT2D eigenvalue weighted by molar-refractivity contribution is 0.289. The molecule has 0 heterocycles. The third kappa shape index (κ3) is 3.64. The molecule has 1 saturated carbocycles. The first-order chi connectivity index (χ1) is 7.84. The molecule has 16 heavy (non-hydrogen) atoms. The van der Waals surface area contributed by atoms with Gasteiger partial charge in [-0.3, -0.25) is 0 Å². The van der Waals surface area contributed by atoms with Crippen molar-refractivity contribution in [2.24, 2.45) is 5.92 Å². The third-order valence-electron chi connectivity index (χ3n) is 3.69. The van der Waals surface area contributed by atoms with Crippen LogP contribution in [0.3, 0.4) is 0 Å². The van der Waals surface area contributed by atoms with E-state index in [1.807, 2.05) is 0 Å². The van der Waals surface area contributed by atoms with Gasteiger partial charge >= 0.3 is 0 Å². The van der Waals surface area contributed by atoms with Crippen LogP contribution in [0, 0.1) is 5.92 Å². The van der Waals surface area contributed by atoms with Crippen LogP contribution in [-0.4, -0.2) is 12.6 Å². The molecule has 1 aromatic rings. The van der Waals surface area contributed by atoms with Crippen LogP contribution in [0.15, 0.2) is 30.3 Å². The van der Waals surface area contributed by atoms with Gasteiger partial charge in [0.2, 0.25) is 0 Å². The Morgan fingerprint density at radius 3 is 2.62 bits per heavy atom. The van der Waals surface area contributed by atoms with Crippen molar-refractivity contribution >= 4 is 0 Å². The Hall–Kier alpha value is -0.820. The first-order valence-electron chi connectivity index (χ1n) is 6.62. The highest BCUT2D eigenvalue weighted by molar-refractivity contribution is 5.14. The zero-order chi connectivity index (χ0) is 11.2. The van der Waals surface area contributed by atoms with E-state index >= 15 is 0 Å². The van der Waals surface area contributed by atoms with E-state index in [1.54, 1.807) is 0 Å². The fourth-order valence-corrected chi connectivity index (χ4v) is 2.19. The van der Waals surface area contributed by atoms with Gasteiger partial charge < -0.3 is 5.32 Å². The first-order valence-corrected chi connectivity index (χ1v) is 6.62. The molecule has 0 aromatic heterocycles. The van der Waals surface area contributed by atoms with Crippen molar-refractivity contribution in [3.8, 4) is 0 Å². The molecule has 1 aliphatic rings. The Bertz CT molecular complexity index is 290. The highest BCUT2D eigenvalue weighted by Gasteiger charge is 2.17. The maximum Gasteiger partial charge on any atom is 0.00420 e. The number of benzene rings is 1. The van der Waals surface area contributed by atoms with Crippen LogP contribution in [0.1, 0.15) is 38.2 Å². The monoisotopic (exact) mass is 217 g/mol. The van der Waals surface area contributed by atoms with Crippen LogP contribution >= 0.6 is 0 Å². The molecule has 0 amide bonds. The Kier molecular flexibility index (Phi) is 4.41. The summed E-state index contributed by atoms with van der Waals surface area (Å²) in [5.41, 5.74) is 1.46. The minimum absolute atomic E-state index is 0.654. The van der Waals surface area contributed by atoms with E-state index in [1.165, 1.54) is 44.2 Å². The van der Waals surface area contributed by atoms with Crippen molar-refractivity contribution in [3.63, 3.8) is 0 Å². The standard InChI is InChI=1S/C15H23N/c1-13(16-12-15-8-5-9-15)10-11-14-6-3-2-4-7-14/h2-4,6-7,13,15-16H,5,8-12H2,1H3. The molecule has 1 aliphatic carbocycles. The van der Waals surface area contributed by atoms with Crippen LogP contribution in [-0.2, 0) is 6.42 Å². The van der Waals surface area contributed by atoms with Gasteiger partial charge in [-0.25, -0.2) is 0 Å². The van der Waals surface area contributed by atoms with Crippen LogP contribution < -0.4 is 5.32 Å². The number of hydrogen-bond acceptors (Lipinski definition) is 1. The van der Waals surface area contributed by atoms with Crippen LogP contribution in [0.4, 0.5) is 0 Å². The van der Waals surface area contributed by atoms with Gasteiger partial charge in [0.05, 0.1) is 0 Å². The van der Waals surface area contributed by atoms with E-state index in [2.05, 4.69) is 42.6 Å². The highest BCUT2D eigenvalue weighted by Crippen LogP contribution is 2.25. The molecule has 0 radical (unpaired) electrons. The number of rotatable bonds is 6. The smallest absolute Gasteiger partial charge is 0.00420 e. The summed E-state index contributed by atoms with van der Waals surface area (Å²) in [4.78, 5) is 0. The number of hydrogen-bond donors (Lipinski definition) is 1. The molecular formula is C15H23N. The van der Waals surface area contributed by atoms with Crippen LogP contribution in [0.2, 0.25) is 0 Å². The van der Waals surface area contributed by atoms with E-state index in [4.69, 9.17) is 0 Å². The average Bonchev–Trinajstić information content (AvgIpc) is 2.26. The topological polar surface area (TPSA) is 12.0 Å². The van der Waals surface area contributed by atoms with Gasteiger partial charge in [0, 0.05) is 6.04 Å². The molecule has 88 valence electrons. The van der Waals surface area contributed by atoms with Gasteiger partial charge in [0.1, 0.15) is 0 Å². The zero-order valence-corrected chi connectivity index (χ0v) is 10.3. The van der Waals surface area contributed by atoms with E-state index in [9.17, 15) is 0 Å². The lowest BCUT2D eigenvalue weighted by Crippen LogP contribution is -2.34. The summed E-state index contributed by atoms with van der Waals surface area (Å²) in [6, 6.07) is 11.4. The summed E-state index contributed by atoms with van der Waals surface area (Å²) in [5.74, 6) is 0.971. The SMILES string of the molecule is CC(CCc1ccccc1)NCC1CCC1. The Balaban J connectivity index is 1.61. The van der Waals surface area contributed by atoms with E-state index in [-0.39, 0.29) is 0 Å². The van der Waals surface area contributed by atoms with Crippen molar-refractivity contribution in [1.82, 2.24) is 5.32 Å². The van der Waals surface area contributed by atoms with Gasteiger partial charge in [0.25, 0.3) is 0 Å². The average molecular weight is 217 g/mol. The van der Waals surface area contributed by atoms with E-state index in [0.29, 0.717) is 6.04 Å². The summed E-state index contributed by atoms with van der Waals surface area (Å²) in [7, 11) is 0. The van der Waals surface area contributed by atoms with Crippen molar-refractivity contribution in [2.45, 2.75) is 45.1 Å². The number of nitrogens with one attached hydrogen (secondary N) is 1. The quantitative estimate of drug-likeness (QED) is 0.770. The minimum Gasteiger partial charge on any atom is -0.314 e. The van der Waals surface area contributed by atoms with E-state index < -0.39 is 0 Å². The lowest BCUT2D eigenvalue weighted by Gasteiger charge is -2.27. The molecule has 0 saturated heterocycles. The second kappa shape index (κ2) is 6.05. The first kappa shape index (κ1) is 11.7. The van der Waals surface area contributed by atoms with Crippen molar-refractivity contribution in [3.05, 3.63) is 35.9 Å². The fourth-order valence-electron chi connectivity index (χ4n) is 2.19. The van der Waals surface area contributed by atoms with Crippen molar-refractivity contribution in [1.29, 1.82) is 0 Å². The molecule has 1 unspecified atom stereocenters.